The zero-order chi connectivity index (χ0) is 20.1. The van der Waals surface area contributed by atoms with Gasteiger partial charge in [-0.3, -0.25) is 9.59 Å². The van der Waals surface area contributed by atoms with E-state index >= 15 is 0 Å². The number of thioether (sulfide) groups is 1. The maximum atomic E-state index is 13.2. The SMILES string of the molecule is CCSc1nc2c(c(=O)[nH]1)[C@@H](c1cccc(Br)c1)C1=C(CC(C)(C)CC1=O)N2. The molecule has 7 heteroatoms. The summed E-state index contributed by atoms with van der Waals surface area (Å²) in [6.45, 7) is 6.22. The topological polar surface area (TPSA) is 74.8 Å². The molecule has 2 N–H and O–H groups in total. The number of carbonyl (C=O) groups excluding carboxylic acids is 1. The van der Waals surface area contributed by atoms with Crippen molar-refractivity contribution in [3.8, 4) is 0 Å². The van der Waals surface area contributed by atoms with Gasteiger partial charge in [-0.05, 0) is 35.3 Å². The van der Waals surface area contributed by atoms with Crippen molar-refractivity contribution in [2.45, 2.75) is 44.7 Å². The largest absolute Gasteiger partial charge is 0.343 e. The van der Waals surface area contributed by atoms with Crippen LogP contribution in [0.25, 0.3) is 0 Å². The Morgan fingerprint density at radius 3 is 2.79 bits per heavy atom. The van der Waals surface area contributed by atoms with Gasteiger partial charge in [-0.2, -0.15) is 0 Å². The zero-order valence-corrected chi connectivity index (χ0v) is 18.5. The number of aromatic nitrogens is 2. The molecule has 0 fully saturated rings. The molecule has 1 aliphatic carbocycles. The molecule has 0 radical (unpaired) electrons. The molecular formula is C21H22BrN3O2S. The summed E-state index contributed by atoms with van der Waals surface area (Å²) in [5.74, 6) is 1.06. The Labute approximate surface area is 176 Å². The summed E-state index contributed by atoms with van der Waals surface area (Å²) < 4.78 is 0.915. The van der Waals surface area contributed by atoms with E-state index in [4.69, 9.17) is 0 Å². The van der Waals surface area contributed by atoms with E-state index in [1.165, 1.54) is 11.8 Å². The summed E-state index contributed by atoms with van der Waals surface area (Å²) >= 11 is 5.01. The Kier molecular flexibility index (Phi) is 5.00. The molecule has 4 rings (SSSR count). The van der Waals surface area contributed by atoms with Crippen LogP contribution in [0.4, 0.5) is 5.82 Å². The first-order chi connectivity index (χ1) is 13.3. The maximum absolute atomic E-state index is 13.2. The molecule has 1 aliphatic heterocycles. The predicted molar refractivity (Wildman–Crippen MR) is 116 cm³/mol. The third kappa shape index (κ3) is 3.46. The normalized spacial score (nSPS) is 20.4. The third-order valence-electron chi connectivity index (χ3n) is 5.16. The highest BCUT2D eigenvalue weighted by molar-refractivity contribution is 9.10. The van der Waals surface area contributed by atoms with Crippen LogP contribution in [0.5, 0.6) is 0 Å². The number of fused-ring (bicyclic) bond motifs is 1. The molecule has 0 amide bonds. The minimum Gasteiger partial charge on any atom is -0.343 e. The smallest absolute Gasteiger partial charge is 0.257 e. The van der Waals surface area contributed by atoms with E-state index in [0.29, 0.717) is 28.5 Å². The molecule has 0 saturated carbocycles. The van der Waals surface area contributed by atoms with E-state index in [1.807, 2.05) is 31.2 Å². The highest BCUT2D eigenvalue weighted by Gasteiger charge is 2.42. The molecule has 2 aromatic rings. The lowest BCUT2D eigenvalue weighted by molar-refractivity contribution is -0.118. The van der Waals surface area contributed by atoms with Crippen molar-refractivity contribution in [3.05, 3.63) is 61.5 Å². The lowest BCUT2D eigenvalue weighted by atomic mass is 9.69. The van der Waals surface area contributed by atoms with Gasteiger partial charge in [0, 0.05) is 28.1 Å². The van der Waals surface area contributed by atoms with E-state index in [9.17, 15) is 9.59 Å². The van der Waals surface area contributed by atoms with Gasteiger partial charge in [-0.25, -0.2) is 4.98 Å². The lowest BCUT2D eigenvalue weighted by Gasteiger charge is -2.38. The first-order valence-corrected chi connectivity index (χ1v) is 11.1. The van der Waals surface area contributed by atoms with Crippen molar-refractivity contribution in [1.82, 2.24) is 9.97 Å². The van der Waals surface area contributed by atoms with E-state index in [1.54, 1.807) is 0 Å². The quantitative estimate of drug-likeness (QED) is 0.506. The number of H-pyrrole nitrogens is 1. The minimum absolute atomic E-state index is 0.0979. The summed E-state index contributed by atoms with van der Waals surface area (Å²) in [7, 11) is 0. The van der Waals surface area contributed by atoms with Gasteiger partial charge in [0.2, 0.25) is 0 Å². The summed E-state index contributed by atoms with van der Waals surface area (Å²) in [6, 6.07) is 7.82. The summed E-state index contributed by atoms with van der Waals surface area (Å²) in [5.41, 5.74) is 2.72. The molecule has 1 aromatic heterocycles. The number of Topliss-reactive ketones (excluding diaryl/α,β-unsaturated/α-hetero) is 1. The molecule has 2 heterocycles. The molecule has 28 heavy (non-hydrogen) atoms. The average molecular weight is 460 g/mol. The van der Waals surface area contributed by atoms with Gasteiger partial charge in [-0.1, -0.05) is 60.6 Å². The first kappa shape index (κ1) is 19.5. The fraction of sp³-hybridized carbons (Fsp3) is 0.381. The van der Waals surface area contributed by atoms with Crippen LogP contribution in [0.3, 0.4) is 0 Å². The zero-order valence-electron chi connectivity index (χ0n) is 16.1. The van der Waals surface area contributed by atoms with Gasteiger partial charge < -0.3 is 10.3 Å². The van der Waals surface area contributed by atoms with E-state index in [2.05, 4.69) is 45.1 Å². The Balaban J connectivity index is 1.96. The summed E-state index contributed by atoms with van der Waals surface area (Å²) in [6.07, 6.45) is 1.23. The van der Waals surface area contributed by atoms with Gasteiger partial charge >= 0.3 is 0 Å². The molecule has 1 aromatic carbocycles. The van der Waals surface area contributed by atoms with Crippen LogP contribution in [0.2, 0.25) is 0 Å². The molecule has 2 aliphatic rings. The fourth-order valence-corrected chi connectivity index (χ4v) is 5.13. The number of hydrogen-bond acceptors (Lipinski definition) is 5. The molecular weight excluding hydrogens is 438 g/mol. The van der Waals surface area contributed by atoms with Gasteiger partial charge in [0.15, 0.2) is 10.9 Å². The molecule has 0 unspecified atom stereocenters. The van der Waals surface area contributed by atoms with Crippen LogP contribution in [0.15, 0.2) is 50.0 Å². The monoisotopic (exact) mass is 459 g/mol. The van der Waals surface area contributed by atoms with Crippen molar-refractivity contribution < 1.29 is 4.79 Å². The van der Waals surface area contributed by atoms with Crippen LogP contribution in [0.1, 0.15) is 50.7 Å². The number of anilines is 1. The van der Waals surface area contributed by atoms with Gasteiger partial charge in [-0.15, -0.1) is 0 Å². The molecule has 146 valence electrons. The standard InChI is InChI=1S/C21H22BrN3O2S/c1-4-28-20-24-18-17(19(27)25-20)15(11-6-5-7-12(22)8-11)16-13(23-18)9-21(2,3)10-14(16)26/h5-8,15H,4,9-10H2,1-3H3,(H2,23,24,25,27)/t15-/m0/s1. The number of halogens is 1. The number of aromatic amines is 1. The van der Waals surface area contributed by atoms with Crippen molar-refractivity contribution in [3.63, 3.8) is 0 Å². The van der Waals surface area contributed by atoms with Crippen molar-refractivity contribution >= 4 is 39.3 Å². The number of allylic oxidation sites excluding steroid dienone is 2. The predicted octanol–water partition coefficient (Wildman–Crippen LogP) is 4.85. The summed E-state index contributed by atoms with van der Waals surface area (Å²) in [4.78, 5) is 33.8. The number of hydrogen-bond donors (Lipinski definition) is 2. The Morgan fingerprint density at radius 1 is 1.29 bits per heavy atom. The Morgan fingerprint density at radius 2 is 2.07 bits per heavy atom. The number of carbonyl (C=O) groups is 1. The van der Waals surface area contributed by atoms with E-state index in [-0.39, 0.29) is 16.8 Å². The molecule has 0 bridgehead atoms. The Bertz CT molecular complexity index is 1060. The van der Waals surface area contributed by atoms with Crippen LogP contribution in [-0.4, -0.2) is 21.5 Å². The Hall–Kier alpha value is -1.86. The van der Waals surface area contributed by atoms with Gasteiger partial charge in [0.05, 0.1) is 5.56 Å². The van der Waals surface area contributed by atoms with E-state index in [0.717, 1.165) is 27.9 Å². The van der Waals surface area contributed by atoms with E-state index < -0.39 is 5.92 Å². The molecule has 1 atom stereocenters. The van der Waals surface area contributed by atoms with Gasteiger partial charge in [0.25, 0.3) is 5.56 Å². The van der Waals surface area contributed by atoms with Gasteiger partial charge in [0.1, 0.15) is 5.82 Å². The number of ketones is 1. The molecule has 0 spiro atoms. The lowest BCUT2D eigenvalue weighted by Crippen LogP contribution is -2.37. The highest BCUT2D eigenvalue weighted by atomic mass is 79.9. The first-order valence-electron chi connectivity index (χ1n) is 9.35. The number of rotatable bonds is 3. The summed E-state index contributed by atoms with van der Waals surface area (Å²) in [5, 5.41) is 3.94. The second-order valence-electron chi connectivity index (χ2n) is 8.01. The second kappa shape index (κ2) is 7.19. The highest BCUT2D eigenvalue weighted by Crippen LogP contribution is 2.47. The van der Waals surface area contributed by atoms with Crippen LogP contribution in [0, 0.1) is 5.41 Å². The fourth-order valence-electron chi connectivity index (χ4n) is 4.12. The van der Waals surface area contributed by atoms with Crippen molar-refractivity contribution in [1.29, 1.82) is 0 Å². The maximum Gasteiger partial charge on any atom is 0.257 e. The average Bonchev–Trinajstić information content (AvgIpc) is 2.59. The molecule has 5 nitrogen and oxygen atoms in total. The number of nitrogens with zero attached hydrogens (tertiary/aromatic N) is 1. The molecule has 0 saturated heterocycles. The van der Waals surface area contributed by atoms with Crippen LogP contribution in [-0.2, 0) is 4.79 Å². The van der Waals surface area contributed by atoms with Crippen LogP contribution >= 0.6 is 27.7 Å². The number of nitrogens with one attached hydrogen (secondary N) is 2. The number of benzene rings is 1. The third-order valence-corrected chi connectivity index (χ3v) is 6.41. The van der Waals surface area contributed by atoms with Crippen molar-refractivity contribution in [2.24, 2.45) is 5.41 Å². The second-order valence-corrected chi connectivity index (χ2v) is 10.2. The minimum atomic E-state index is -0.413. The van der Waals surface area contributed by atoms with Crippen molar-refractivity contribution in [2.75, 3.05) is 11.1 Å². The van der Waals surface area contributed by atoms with Crippen LogP contribution < -0.4 is 10.9 Å².